The van der Waals surface area contributed by atoms with Gasteiger partial charge in [0, 0.05) is 11.9 Å². The molecule has 0 saturated heterocycles. The van der Waals surface area contributed by atoms with E-state index in [1.165, 1.54) is 28.3 Å². The Morgan fingerprint density at radius 2 is 1.95 bits per heavy atom. The van der Waals surface area contributed by atoms with Crippen LogP contribution in [0.5, 0.6) is 0 Å². The molecule has 118 valence electrons. The van der Waals surface area contributed by atoms with E-state index in [0.717, 1.165) is 10.5 Å². The van der Waals surface area contributed by atoms with Gasteiger partial charge in [-0.05, 0) is 43.9 Å². The molecule has 0 aliphatic heterocycles. The van der Waals surface area contributed by atoms with Gasteiger partial charge in [-0.1, -0.05) is 43.8 Å². The van der Waals surface area contributed by atoms with Gasteiger partial charge in [-0.25, -0.2) is 4.98 Å². The Balaban J connectivity index is 2.18. The number of hydrogen-bond donors (Lipinski definition) is 1. The molecular formula is C18H24N2OS. The van der Waals surface area contributed by atoms with Crippen LogP contribution in [0.4, 0.5) is 0 Å². The van der Waals surface area contributed by atoms with E-state index in [1.807, 2.05) is 6.92 Å². The molecule has 0 fully saturated rings. The Bertz CT molecular complexity index is 682. The van der Waals surface area contributed by atoms with Gasteiger partial charge < -0.3 is 5.32 Å². The highest BCUT2D eigenvalue weighted by Crippen LogP contribution is 2.28. The fourth-order valence-corrected chi connectivity index (χ4v) is 3.22. The number of fused-ring (bicyclic) bond motifs is 1. The maximum atomic E-state index is 12.1. The lowest BCUT2D eigenvalue weighted by molar-refractivity contribution is -0.120. The van der Waals surface area contributed by atoms with Crippen molar-refractivity contribution in [2.45, 2.75) is 44.9 Å². The fraction of sp³-hybridized carbons (Fsp3) is 0.444. The second-order valence-electron chi connectivity index (χ2n) is 6.15. The summed E-state index contributed by atoms with van der Waals surface area (Å²) in [7, 11) is 0. The first-order chi connectivity index (χ1) is 10.4. The standard InChI is InChI=1S/C18H24N2OS/c1-11(2)10-19-18(21)14(5)22-16-9-13(4)15-8-6-7-12(3)17(15)20-16/h6-9,11,14H,10H2,1-5H3,(H,19,21)/t14-/m1/s1. The number of amides is 1. The van der Waals surface area contributed by atoms with Crippen molar-refractivity contribution < 1.29 is 4.79 Å². The zero-order valence-electron chi connectivity index (χ0n) is 13.9. The molecule has 0 radical (unpaired) electrons. The lowest BCUT2D eigenvalue weighted by atomic mass is 10.1. The lowest BCUT2D eigenvalue weighted by Crippen LogP contribution is -2.33. The van der Waals surface area contributed by atoms with Gasteiger partial charge in [0.1, 0.15) is 0 Å². The summed E-state index contributed by atoms with van der Waals surface area (Å²) in [6.45, 7) is 11.0. The average molecular weight is 316 g/mol. The molecule has 2 aromatic rings. The Labute approximate surface area is 136 Å². The van der Waals surface area contributed by atoms with Gasteiger partial charge in [-0.3, -0.25) is 4.79 Å². The highest BCUT2D eigenvalue weighted by molar-refractivity contribution is 8.00. The quantitative estimate of drug-likeness (QED) is 0.844. The van der Waals surface area contributed by atoms with E-state index < -0.39 is 0 Å². The van der Waals surface area contributed by atoms with Crippen molar-refractivity contribution in [2.24, 2.45) is 5.92 Å². The normalized spacial score (nSPS) is 12.6. The molecule has 0 saturated carbocycles. The minimum absolute atomic E-state index is 0.0723. The van der Waals surface area contributed by atoms with Crippen LogP contribution in [0.15, 0.2) is 29.3 Å². The molecule has 3 nitrogen and oxygen atoms in total. The minimum atomic E-state index is -0.146. The molecule has 1 heterocycles. The number of hydrogen-bond acceptors (Lipinski definition) is 3. The number of para-hydroxylation sites is 1. The maximum absolute atomic E-state index is 12.1. The first kappa shape index (κ1) is 16.8. The third-order valence-electron chi connectivity index (χ3n) is 3.58. The van der Waals surface area contributed by atoms with Crippen LogP contribution in [-0.4, -0.2) is 22.7 Å². The SMILES string of the molecule is Cc1cc(S[C@H](C)C(=O)NCC(C)C)nc2c(C)cccc12. The molecule has 1 amide bonds. The van der Waals surface area contributed by atoms with Crippen LogP contribution in [0.2, 0.25) is 0 Å². The van der Waals surface area contributed by atoms with Crippen molar-refractivity contribution in [1.29, 1.82) is 0 Å². The minimum Gasteiger partial charge on any atom is -0.355 e. The summed E-state index contributed by atoms with van der Waals surface area (Å²) in [5.41, 5.74) is 3.39. The zero-order valence-corrected chi connectivity index (χ0v) is 14.8. The monoisotopic (exact) mass is 316 g/mol. The molecular weight excluding hydrogens is 292 g/mol. The molecule has 0 spiro atoms. The average Bonchev–Trinajstić information content (AvgIpc) is 2.46. The third kappa shape index (κ3) is 4.01. The van der Waals surface area contributed by atoms with Gasteiger partial charge in [0.15, 0.2) is 0 Å². The van der Waals surface area contributed by atoms with Crippen molar-refractivity contribution in [2.75, 3.05) is 6.54 Å². The summed E-state index contributed by atoms with van der Waals surface area (Å²) in [6, 6.07) is 8.29. The van der Waals surface area contributed by atoms with E-state index in [-0.39, 0.29) is 11.2 Å². The van der Waals surface area contributed by atoms with Crippen molar-refractivity contribution in [3.05, 3.63) is 35.4 Å². The third-order valence-corrected chi connectivity index (χ3v) is 4.59. The number of rotatable bonds is 5. The molecule has 0 aliphatic carbocycles. The van der Waals surface area contributed by atoms with Crippen molar-refractivity contribution >= 4 is 28.6 Å². The van der Waals surface area contributed by atoms with Crippen LogP contribution in [0.3, 0.4) is 0 Å². The van der Waals surface area contributed by atoms with Crippen LogP contribution in [-0.2, 0) is 4.79 Å². The second-order valence-corrected chi connectivity index (χ2v) is 7.51. The summed E-state index contributed by atoms with van der Waals surface area (Å²) < 4.78 is 0. The molecule has 1 aromatic heterocycles. The molecule has 1 N–H and O–H groups in total. The summed E-state index contributed by atoms with van der Waals surface area (Å²) >= 11 is 1.52. The van der Waals surface area contributed by atoms with E-state index in [2.05, 4.69) is 57.3 Å². The van der Waals surface area contributed by atoms with E-state index in [1.54, 1.807) is 0 Å². The van der Waals surface area contributed by atoms with Gasteiger partial charge in [-0.15, -0.1) is 0 Å². The largest absolute Gasteiger partial charge is 0.355 e. The molecule has 0 bridgehead atoms. The fourth-order valence-electron chi connectivity index (χ4n) is 2.27. The van der Waals surface area contributed by atoms with Gasteiger partial charge in [-0.2, -0.15) is 0 Å². The Kier molecular flexibility index (Phi) is 5.46. The molecule has 0 aliphatic rings. The number of aromatic nitrogens is 1. The predicted molar refractivity (Wildman–Crippen MR) is 94.4 cm³/mol. The number of carbonyl (C=O) groups is 1. The highest BCUT2D eigenvalue weighted by Gasteiger charge is 2.16. The lowest BCUT2D eigenvalue weighted by Gasteiger charge is -2.14. The Morgan fingerprint density at radius 1 is 1.23 bits per heavy atom. The van der Waals surface area contributed by atoms with Gasteiger partial charge in [0.05, 0.1) is 15.8 Å². The summed E-state index contributed by atoms with van der Waals surface area (Å²) in [4.78, 5) is 16.8. The summed E-state index contributed by atoms with van der Waals surface area (Å²) in [6.07, 6.45) is 0. The molecule has 0 unspecified atom stereocenters. The molecule has 1 aromatic carbocycles. The van der Waals surface area contributed by atoms with Crippen LogP contribution in [0, 0.1) is 19.8 Å². The topological polar surface area (TPSA) is 42.0 Å². The molecule has 1 atom stereocenters. The number of nitrogens with one attached hydrogen (secondary N) is 1. The Morgan fingerprint density at radius 3 is 2.64 bits per heavy atom. The maximum Gasteiger partial charge on any atom is 0.233 e. The first-order valence-electron chi connectivity index (χ1n) is 7.70. The van der Waals surface area contributed by atoms with Crippen LogP contribution < -0.4 is 5.32 Å². The number of thioether (sulfide) groups is 1. The van der Waals surface area contributed by atoms with E-state index in [9.17, 15) is 4.79 Å². The predicted octanol–water partition coefficient (Wildman–Crippen LogP) is 4.10. The molecule has 4 heteroatoms. The number of pyridine rings is 1. The first-order valence-corrected chi connectivity index (χ1v) is 8.57. The van der Waals surface area contributed by atoms with Gasteiger partial charge in [0.2, 0.25) is 5.91 Å². The summed E-state index contributed by atoms with van der Waals surface area (Å²) in [5, 5.41) is 4.92. The van der Waals surface area contributed by atoms with Crippen LogP contribution in [0.25, 0.3) is 10.9 Å². The summed E-state index contributed by atoms with van der Waals surface area (Å²) in [5.74, 6) is 0.535. The highest BCUT2D eigenvalue weighted by atomic mass is 32.2. The van der Waals surface area contributed by atoms with E-state index >= 15 is 0 Å². The number of nitrogens with zero attached hydrogens (tertiary/aromatic N) is 1. The number of carbonyl (C=O) groups excluding carboxylic acids is 1. The van der Waals surface area contributed by atoms with Crippen LogP contribution >= 0.6 is 11.8 Å². The number of benzene rings is 1. The van der Waals surface area contributed by atoms with Gasteiger partial charge >= 0.3 is 0 Å². The molecule has 2 rings (SSSR count). The molecule has 22 heavy (non-hydrogen) atoms. The van der Waals surface area contributed by atoms with Crippen LogP contribution in [0.1, 0.15) is 31.9 Å². The number of aryl methyl sites for hydroxylation is 2. The Hall–Kier alpha value is -1.55. The van der Waals surface area contributed by atoms with Crippen molar-refractivity contribution in [1.82, 2.24) is 10.3 Å². The van der Waals surface area contributed by atoms with E-state index in [0.29, 0.717) is 12.5 Å². The second kappa shape index (κ2) is 7.14. The van der Waals surface area contributed by atoms with E-state index in [4.69, 9.17) is 4.98 Å². The zero-order chi connectivity index (χ0) is 16.3. The smallest absolute Gasteiger partial charge is 0.233 e. The van der Waals surface area contributed by atoms with Crippen molar-refractivity contribution in [3.8, 4) is 0 Å². The van der Waals surface area contributed by atoms with Gasteiger partial charge in [0.25, 0.3) is 0 Å². The van der Waals surface area contributed by atoms with Crippen molar-refractivity contribution in [3.63, 3.8) is 0 Å².